The zero-order chi connectivity index (χ0) is 19.3. The lowest BCUT2D eigenvalue weighted by molar-refractivity contribution is 0.0180. The molecule has 1 unspecified atom stereocenters. The van der Waals surface area contributed by atoms with E-state index in [9.17, 15) is 9.59 Å². The Morgan fingerprint density at radius 2 is 2.08 bits per heavy atom. The molecule has 1 aliphatic rings. The van der Waals surface area contributed by atoms with Gasteiger partial charge in [-0.3, -0.25) is 15.0 Å². The fourth-order valence-electron chi connectivity index (χ4n) is 2.80. The van der Waals surface area contributed by atoms with E-state index in [0.29, 0.717) is 34.6 Å². The molecule has 142 valence electrons. The number of amides is 2. The highest BCUT2D eigenvalue weighted by Crippen LogP contribution is 2.25. The van der Waals surface area contributed by atoms with Crippen LogP contribution in [0.1, 0.15) is 49.7 Å². The third-order valence-corrected chi connectivity index (χ3v) is 5.30. The average molecular weight is 398 g/mol. The van der Waals surface area contributed by atoms with Crippen molar-refractivity contribution in [1.82, 2.24) is 10.2 Å². The smallest absolute Gasteiger partial charge is 0.410 e. The standard InChI is InChI=1S/C18H24ClN3O3S/c1-18(2,3)25-17(24)22-9-7-12(8-10-22)11-15(20-4)21-16(23)13-5-6-14(19)26-13/h5-6,12,15H,7-11H2,1-3H3,(H,21,23). The fraction of sp³-hybridized carbons (Fsp3) is 0.611. The Labute approximate surface area is 163 Å². The summed E-state index contributed by atoms with van der Waals surface area (Å²) >= 11 is 7.04. The minimum Gasteiger partial charge on any atom is -0.444 e. The topological polar surface area (TPSA) is 63.0 Å². The van der Waals surface area contributed by atoms with Crippen molar-refractivity contribution in [2.75, 3.05) is 13.1 Å². The first-order chi connectivity index (χ1) is 12.2. The molecule has 2 heterocycles. The molecule has 0 aromatic carbocycles. The predicted molar refractivity (Wildman–Crippen MR) is 102 cm³/mol. The third kappa shape index (κ3) is 6.19. The number of ether oxygens (including phenoxy) is 1. The Morgan fingerprint density at radius 1 is 1.42 bits per heavy atom. The van der Waals surface area contributed by atoms with Crippen LogP contribution < -0.4 is 5.32 Å². The van der Waals surface area contributed by atoms with E-state index in [1.54, 1.807) is 17.0 Å². The van der Waals surface area contributed by atoms with Gasteiger partial charge in [-0.1, -0.05) is 11.6 Å². The number of halogens is 1. The second-order valence-electron chi connectivity index (χ2n) is 7.37. The number of piperidine rings is 1. The van der Waals surface area contributed by atoms with Crippen LogP contribution in [0.4, 0.5) is 4.79 Å². The minimum atomic E-state index is -0.568. The molecule has 26 heavy (non-hydrogen) atoms. The van der Waals surface area contributed by atoms with E-state index in [2.05, 4.69) is 10.2 Å². The molecule has 8 heteroatoms. The van der Waals surface area contributed by atoms with E-state index in [-0.39, 0.29) is 12.0 Å². The van der Waals surface area contributed by atoms with Crippen molar-refractivity contribution < 1.29 is 14.3 Å². The van der Waals surface area contributed by atoms with E-state index >= 15 is 0 Å². The normalized spacial score (nSPS) is 16.7. The molecule has 1 aromatic heterocycles. The Morgan fingerprint density at radius 3 is 2.58 bits per heavy atom. The summed E-state index contributed by atoms with van der Waals surface area (Å²) in [6.07, 6.45) is 1.32. The van der Waals surface area contributed by atoms with Gasteiger partial charge < -0.3 is 9.64 Å². The first-order valence-electron chi connectivity index (χ1n) is 8.58. The lowest BCUT2D eigenvalue weighted by Crippen LogP contribution is -2.43. The molecule has 6 nitrogen and oxygen atoms in total. The van der Waals surface area contributed by atoms with Crippen molar-refractivity contribution in [2.24, 2.45) is 5.92 Å². The van der Waals surface area contributed by atoms with Crippen LogP contribution in [0.2, 0.25) is 4.34 Å². The summed E-state index contributed by atoms with van der Waals surface area (Å²) in [5, 5.41) is 2.76. The number of carbonyl (C=O) groups excluding carboxylic acids is 2. The number of carbonyl (C=O) groups is 2. The SMILES string of the molecule is [C-]#[N+]C(CC1CCN(C(=O)OC(C)(C)C)CC1)NC(=O)c1ccc(Cl)s1. The highest BCUT2D eigenvalue weighted by molar-refractivity contribution is 7.18. The molecular formula is C18H24ClN3O3S. The molecule has 0 saturated carbocycles. The molecule has 0 aliphatic carbocycles. The molecule has 1 fully saturated rings. The van der Waals surface area contributed by atoms with Crippen LogP contribution in [0.5, 0.6) is 0 Å². The van der Waals surface area contributed by atoms with Gasteiger partial charge in [-0.2, -0.15) is 0 Å². The molecule has 1 saturated heterocycles. The van der Waals surface area contributed by atoms with Gasteiger partial charge in [0.15, 0.2) is 0 Å². The monoisotopic (exact) mass is 397 g/mol. The quantitative estimate of drug-likeness (QED) is 0.765. The van der Waals surface area contributed by atoms with E-state index in [1.165, 1.54) is 11.3 Å². The molecule has 0 bridgehead atoms. The zero-order valence-electron chi connectivity index (χ0n) is 15.3. The number of nitrogens with one attached hydrogen (secondary N) is 1. The Kier molecular flexibility index (Phi) is 6.90. The van der Waals surface area contributed by atoms with Gasteiger partial charge in [0.05, 0.1) is 9.21 Å². The van der Waals surface area contributed by atoms with Crippen LogP contribution in [0.25, 0.3) is 4.85 Å². The number of nitrogens with zero attached hydrogens (tertiary/aromatic N) is 2. The average Bonchev–Trinajstić information content (AvgIpc) is 3.00. The molecule has 1 aromatic rings. The van der Waals surface area contributed by atoms with Gasteiger partial charge >= 0.3 is 6.09 Å². The Bertz CT molecular complexity index is 685. The first kappa shape index (κ1) is 20.5. The zero-order valence-corrected chi connectivity index (χ0v) is 16.8. The summed E-state index contributed by atoms with van der Waals surface area (Å²) in [7, 11) is 0. The van der Waals surface area contributed by atoms with Crippen molar-refractivity contribution >= 4 is 34.9 Å². The third-order valence-electron chi connectivity index (χ3n) is 4.07. The largest absolute Gasteiger partial charge is 0.444 e. The molecule has 1 aliphatic heterocycles. The lowest BCUT2D eigenvalue weighted by atomic mass is 9.92. The van der Waals surface area contributed by atoms with Crippen LogP contribution in [0.3, 0.4) is 0 Å². The van der Waals surface area contributed by atoms with Gasteiger partial charge in [0.1, 0.15) is 5.60 Å². The van der Waals surface area contributed by atoms with Crippen molar-refractivity contribution in [3.63, 3.8) is 0 Å². The van der Waals surface area contributed by atoms with Gasteiger partial charge in [0, 0.05) is 19.5 Å². The maximum atomic E-state index is 12.2. The van der Waals surface area contributed by atoms with E-state index in [0.717, 1.165) is 12.8 Å². The number of likely N-dealkylation sites (tertiary alicyclic amines) is 1. The number of rotatable bonds is 4. The Balaban J connectivity index is 1.81. The fourth-order valence-corrected chi connectivity index (χ4v) is 3.74. The lowest BCUT2D eigenvalue weighted by Gasteiger charge is -2.33. The van der Waals surface area contributed by atoms with Gasteiger partial charge in [-0.15, -0.1) is 11.3 Å². The molecule has 0 spiro atoms. The summed E-state index contributed by atoms with van der Waals surface area (Å²) < 4.78 is 5.94. The van der Waals surface area contributed by atoms with E-state index < -0.39 is 11.8 Å². The van der Waals surface area contributed by atoms with Gasteiger partial charge in [-0.05, 0) is 51.7 Å². The number of hydrogen-bond acceptors (Lipinski definition) is 4. The summed E-state index contributed by atoms with van der Waals surface area (Å²) in [6.45, 7) is 14.1. The maximum Gasteiger partial charge on any atom is 0.410 e. The molecule has 0 radical (unpaired) electrons. The van der Waals surface area contributed by atoms with Crippen molar-refractivity contribution in [1.29, 1.82) is 0 Å². The maximum absolute atomic E-state index is 12.2. The van der Waals surface area contributed by atoms with Crippen LogP contribution in [-0.2, 0) is 4.74 Å². The Hall–Kier alpha value is -1.78. The molecule has 1 atom stereocenters. The van der Waals surface area contributed by atoms with Gasteiger partial charge in [0.2, 0.25) is 0 Å². The number of hydrogen-bond donors (Lipinski definition) is 1. The van der Waals surface area contributed by atoms with Crippen molar-refractivity contribution in [3.05, 3.63) is 32.8 Å². The van der Waals surface area contributed by atoms with Crippen LogP contribution in [-0.4, -0.2) is 41.8 Å². The molecule has 2 amide bonds. The second kappa shape index (κ2) is 8.74. The minimum absolute atomic E-state index is 0.269. The van der Waals surface area contributed by atoms with Crippen molar-refractivity contribution in [3.8, 4) is 0 Å². The molecule has 2 rings (SSSR count). The summed E-state index contributed by atoms with van der Waals surface area (Å²) in [6, 6.07) is 3.32. The second-order valence-corrected chi connectivity index (χ2v) is 9.08. The molecular weight excluding hydrogens is 374 g/mol. The van der Waals surface area contributed by atoms with Crippen LogP contribution in [0, 0.1) is 12.5 Å². The summed E-state index contributed by atoms with van der Waals surface area (Å²) in [5.41, 5.74) is -0.502. The number of thiophene rings is 1. The highest BCUT2D eigenvalue weighted by atomic mass is 35.5. The summed E-state index contributed by atoms with van der Waals surface area (Å²) in [5.74, 6) is 0.0223. The van der Waals surface area contributed by atoms with Gasteiger partial charge in [0.25, 0.3) is 12.1 Å². The first-order valence-corrected chi connectivity index (χ1v) is 9.78. The van der Waals surface area contributed by atoms with Crippen LogP contribution >= 0.6 is 22.9 Å². The van der Waals surface area contributed by atoms with Gasteiger partial charge in [-0.25, -0.2) is 11.4 Å². The van der Waals surface area contributed by atoms with E-state index in [4.69, 9.17) is 22.9 Å². The molecule has 1 N–H and O–H groups in total. The highest BCUT2D eigenvalue weighted by Gasteiger charge is 2.30. The predicted octanol–water partition coefficient (Wildman–Crippen LogP) is 4.41. The van der Waals surface area contributed by atoms with Crippen LogP contribution in [0.15, 0.2) is 12.1 Å². The van der Waals surface area contributed by atoms with E-state index in [1.807, 2.05) is 20.8 Å². The summed E-state index contributed by atoms with van der Waals surface area (Å²) in [4.78, 5) is 30.0. The van der Waals surface area contributed by atoms with Crippen molar-refractivity contribution in [2.45, 2.75) is 51.8 Å².